The monoisotopic (exact) mass is 291 g/mol. The molecule has 1 aromatic carbocycles. The van der Waals surface area contributed by atoms with Crippen LogP contribution in [0.2, 0.25) is 0 Å². The standard InChI is InChI=1S/C16H21NO4/c1-3-20-14(21-4-2)10-7-11-17-15(18)12-8-5-6-9-13(12)16(17)19/h5-6,8-9,14H,3-4,7,10-11H2,1-2H3. The quantitative estimate of drug-likeness (QED) is 0.545. The normalized spacial score (nSPS) is 14.1. The van der Waals surface area contributed by atoms with E-state index < -0.39 is 0 Å². The molecule has 5 nitrogen and oxygen atoms in total. The van der Waals surface area contributed by atoms with Crippen molar-refractivity contribution in [2.24, 2.45) is 0 Å². The second-order valence-corrected chi connectivity index (χ2v) is 4.79. The van der Waals surface area contributed by atoms with E-state index in [2.05, 4.69) is 0 Å². The topological polar surface area (TPSA) is 55.8 Å². The molecule has 5 heteroatoms. The van der Waals surface area contributed by atoms with Gasteiger partial charge in [-0.3, -0.25) is 14.5 Å². The van der Waals surface area contributed by atoms with Gasteiger partial charge in [0.1, 0.15) is 0 Å². The van der Waals surface area contributed by atoms with E-state index in [1.165, 1.54) is 4.90 Å². The maximum atomic E-state index is 12.2. The second kappa shape index (κ2) is 7.33. The molecule has 0 bridgehead atoms. The second-order valence-electron chi connectivity index (χ2n) is 4.79. The Morgan fingerprint density at radius 2 is 1.52 bits per heavy atom. The number of carbonyl (C=O) groups excluding carboxylic acids is 2. The van der Waals surface area contributed by atoms with Crippen molar-refractivity contribution in [1.29, 1.82) is 0 Å². The molecule has 0 atom stereocenters. The van der Waals surface area contributed by atoms with Gasteiger partial charge in [0.05, 0.1) is 11.1 Å². The Balaban J connectivity index is 1.90. The minimum atomic E-state index is -0.268. The summed E-state index contributed by atoms with van der Waals surface area (Å²) in [5.41, 5.74) is 0.988. The van der Waals surface area contributed by atoms with E-state index in [0.717, 1.165) is 0 Å². The Morgan fingerprint density at radius 3 is 2.00 bits per heavy atom. The number of ether oxygens (including phenoxy) is 2. The number of imide groups is 1. The Bertz CT molecular complexity index is 474. The number of fused-ring (bicyclic) bond motifs is 1. The zero-order valence-corrected chi connectivity index (χ0v) is 12.5. The van der Waals surface area contributed by atoms with Crippen LogP contribution in [0.15, 0.2) is 24.3 Å². The van der Waals surface area contributed by atoms with E-state index in [4.69, 9.17) is 9.47 Å². The van der Waals surface area contributed by atoms with E-state index in [-0.39, 0.29) is 18.1 Å². The molecule has 0 spiro atoms. The average molecular weight is 291 g/mol. The molecule has 0 aliphatic carbocycles. The maximum Gasteiger partial charge on any atom is 0.261 e. The fourth-order valence-corrected chi connectivity index (χ4v) is 2.44. The summed E-state index contributed by atoms with van der Waals surface area (Å²) < 4.78 is 10.9. The van der Waals surface area contributed by atoms with Crippen LogP contribution in [0, 0.1) is 0 Å². The number of hydrogen-bond donors (Lipinski definition) is 0. The lowest BCUT2D eigenvalue weighted by molar-refractivity contribution is -0.140. The summed E-state index contributed by atoms with van der Waals surface area (Å²) in [7, 11) is 0. The summed E-state index contributed by atoms with van der Waals surface area (Å²) in [4.78, 5) is 25.7. The van der Waals surface area contributed by atoms with Gasteiger partial charge in [-0.05, 0) is 32.4 Å². The zero-order chi connectivity index (χ0) is 15.2. The first-order valence-electron chi connectivity index (χ1n) is 7.37. The lowest BCUT2D eigenvalue weighted by Gasteiger charge is -2.18. The highest BCUT2D eigenvalue weighted by molar-refractivity contribution is 6.21. The molecule has 2 amide bonds. The van der Waals surface area contributed by atoms with Crippen molar-refractivity contribution in [3.63, 3.8) is 0 Å². The van der Waals surface area contributed by atoms with E-state index in [1.807, 2.05) is 13.8 Å². The molecule has 21 heavy (non-hydrogen) atoms. The maximum absolute atomic E-state index is 12.2. The molecule has 0 unspecified atom stereocenters. The first-order valence-corrected chi connectivity index (χ1v) is 7.37. The minimum absolute atomic E-state index is 0.208. The van der Waals surface area contributed by atoms with Gasteiger partial charge >= 0.3 is 0 Å². The lowest BCUT2D eigenvalue weighted by atomic mass is 10.1. The smallest absolute Gasteiger partial charge is 0.261 e. The molecule has 2 rings (SSSR count). The van der Waals surface area contributed by atoms with Crippen molar-refractivity contribution >= 4 is 11.8 Å². The zero-order valence-electron chi connectivity index (χ0n) is 12.5. The fraction of sp³-hybridized carbons (Fsp3) is 0.500. The van der Waals surface area contributed by atoms with Crippen LogP contribution in [0.1, 0.15) is 47.4 Å². The molecule has 0 saturated carbocycles. The molecular formula is C16H21NO4. The van der Waals surface area contributed by atoms with Gasteiger partial charge in [-0.2, -0.15) is 0 Å². The summed E-state index contributed by atoms with van der Waals surface area (Å²) in [6, 6.07) is 6.93. The first kappa shape index (κ1) is 15.7. The summed E-state index contributed by atoms with van der Waals surface area (Å²) >= 11 is 0. The van der Waals surface area contributed by atoms with Crippen molar-refractivity contribution in [2.75, 3.05) is 19.8 Å². The largest absolute Gasteiger partial charge is 0.353 e. The third-order valence-corrected chi connectivity index (χ3v) is 3.40. The SMILES string of the molecule is CCOC(CCCN1C(=O)c2ccccc2C1=O)OCC. The minimum Gasteiger partial charge on any atom is -0.353 e. The van der Waals surface area contributed by atoms with Crippen LogP contribution < -0.4 is 0 Å². The van der Waals surface area contributed by atoms with Gasteiger partial charge in [0.15, 0.2) is 6.29 Å². The summed E-state index contributed by atoms with van der Waals surface area (Å²) in [6.45, 7) is 5.38. The number of rotatable bonds is 8. The van der Waals surface area contributed by atoms with Crippen LogP contribution in [0.25, 0.3) is 0 Å². The Hall–Kier alpha value is -1.72. The van der Waals surface area contributed by atoms with Crippen LogP contribution >= 0.6 is 0 Å². The van der Waals surface area contributed by atoms with Crippen molar-refractivity contribution in [2.45, 2.75) is 33.0 Å². The third-order valence-electron chi connectivity index (χ3n) is 3.40. The molecule has 0 fully saturated rings. The number of benzene rings is 1. The Labute approximate surface area is 124 Å². The highest BCUT2D eigenvalue weighted by Crippen LogP contribution is 2.22. The van der Waals surface area contributed by atoms with Crippen LogP contribution in [0.4, 0.5) is 0 Å². The van der Waals surface area contributed by atoms with Crippen molar-refractivity contribution < 1.29 is 19.1 Å². The first-order chi connectivity index (χ1) is 10.2. The van der Waals surface area contributed by atoms with Gasteiger partial charge in [0.2, 0.25) is 0 Å². The van der Waals surface area contributed by atoms with E-state index in [9.17, 15) is 9.59 Å². The molecule has 114 valence electrons. The summed E-state index contributed by atoms with van der Waals surface area (Å²) in [5.74, 6) is -0.417. The van der Waals surface area contributed by atoms with Gasteiger partial charge in [-0.15, -0.1) is 0 Å². The van der Waals surface area contributed by atoms with Gasteiger partial charge in [0, 0.05) is 26.2 Å². The van der Waals surface area contributed by atoms with Crippen molar-refractivity contribution in [1.82, 2.24) is 4.90 Å². The van der Waals surface area contributed by atoms with Crippen LogP contribution in [-0.2, 0) is 9.47 Å². The highest BCUT2D eigenvalue weighted by atomic mass is 16.7. The molecule has 0 radical (unpaired) electrons. The highest BCUT2D eigenvalue weighted by Gasteiger charge is 2.34. The van der Waals surface area contributed by atoms with Crippen LogP contribution in [-0.4, -0.2) is 42.8 Å². The predicted octanol–water partition coefficient (Wildman–Crippen LogP) is 2.46. The van der Waals surface area contributed by atoms with Gasteiger partial charge in [0.25, 0.3) is 11.8 Å². The molecular weight excluding hydrogens is 270 g/mol. The Morgan fingerprint density at radius 1 is 1.00 bits per heavy atom. The fourth-order valence-electron chi connectivity index (χ4n) is 2.44. The number of nitrogens with zero attached hydrogens (tertiary/aromatic N) is 1. The molecule has 0 N–H and O–H groups in total. The molecule has 1 heterocycles. The number of carbonyl (C=O) groups is 2. The van der Waals surface area contributed by atoms with Crippen molar-refractivity contribution in [3.05, 3.63) is 35.4 Å². The number of hydrogen-bond acceptors (Lipinski definition) is 4. The summed E-state index contributed by atoms with van der Waals surface area (Å²) in [5, 5.41) is 0. The van der Waals surface area contributed by atoms with E-state index in [1.54, 1.807) is 24.3 Å². The molecule has 0 saturated heterocycles. The predicted molar refractivity (Wildman–Crippen MR) is 78.1 cm³/mol. The van der Waals surface area contributed by atoms with Gasteiger partial charge < -0.3 is 9.47 Å². The Kier molecular flexibility index (Phi) is 5.47. The molecule has 0 aromatic heterocycles. The van der Waals surface area contributed by atoms with Crippen molar-refractivity contribution in [3.8, 4) is 0 Å². The van der Waals surface area contributed by atoms with E-state index in [0.29, 0.717) is 43.7 Å². The average Bonchev–Trinajstić information content (AvgIpc) is 2.73. The lowest BCUT2D eigenvalue weighted by Crippen LogP contribution is -2.31. The molecule has 1 aliphatic rings. The van der Waals surface area contributed by atoms with Gasteiger partial charge in [-0.1, -0.05) is 12.1 Å². The van der Waals surface area contributed by atoms with Crippen LogP contribution in [0.3, 0.4) is 0 Å². The summed E-state index contributed by atoms with van der Waals surface area (Å²) in [6.07, 6.45) is 1.06. The van der Waals surface area contributed by atoms with E-state index >= 15 is 0 Å². The number of amides is 2. The molecule has 1 aliphatic heterocycles. The molecule has 1 aromatic rings. The third kappa shape index (κ3) is 3.49. The van der Waals surface area contributed by atoms with Gasteiger partial charge in [-0.25, -0.2) is 0 Å². The van der Waals surface area contributed by atoms with Crippen LogP contribution in [0.5, 0.6) is 0 Å².